The summed E-state index contributed by atoms with van der Waals surface area (Å²) >= 11 is 5.76. The average molecular weight is 452 g/mol. The minimum atomic E-state index is -0.114. The van der Waals surface area contributed by atoms with E-state index in [9.17, 15) is 4.79 Å². The summed E-state index contributed by atoms with van der Waals surface area (Å²) in [7, 11) is 0. The second-order valence-electron chi connectivity index (χ2n) is 8.12. The van der Waals surface area contributed by atoms with Gasteiger partial charge in [0.25, 0.3) is 5.56 Å². The maximum Gasteiger partial charge on any atom is 0.253 e. The molecular weight excluding hydrogens is 422 g/mol. The molecule has 4 rings (SSSR count). The zero-order valence-corrected chi connectivity index (χ0v) is 19.3. The summed E-state index contributed by atoms with van der Waals surface area (Å²) in [5.74, 6) is 0.783. The smallest absolute Gasteiger partial charge is 0.253 e. The number of aromatic nitrogens is 1. The monoisotopic (exact) mass is 451 g/mol. The number of anilines is 1. The number of nitrogens with zero attached hydrogens (tertiary/aromatic N) is 1. The third-order valence-corrected chi connectivity index (χ3v) is 5.93. The molecule has 1 aromatic heterocycles. The zero-order valence-electron chi connectivity index (χ0n) is 18.5. The van der Waals surface area contributed by atoms with Crippen LogP contribution in [0.2, 0.25) is 0 Å². The average Bonchev–Trinajstić information content (AvgIpc) is 3.27. The molecule has 0 spiro atoms. The molecule has 0 saturated carbocycles. The van der Waals surface area contributed by atoms with Gasteiger partial charge in [-0.25, -0.2) is 0 Å². The summed E-state index contributed by atoms with van der Waals surface area (Å²) in [5, 5.41) is 4.84. The molecule has 0 amide bonds. The van der Waals surface area contributed by atoms with Gasteiger partial charge in [-0.2, -0.15) is 0 Å². The van der Waals surface area contributed by atoms with Crippen molar-refractivity contribution < 1.29 is 9.47 Å². The quantitative estimate of drug-likeness (QED) is 0.511. The second-order valence-corrected chi connectivity index (χ2v) is 8.51. The molecule has 3 aromatic rings. The molecule has 0 radical (unpaired) electrons. The first-order chi connectivity index (χ1) is 15.5. The van der Waals surface area contributed by atoms with E-state index in [1.54, 1.807) is 0 Å². The molecule has 1 fully saturated rings. The summed E-state index contributed by atoms with van der Waals surface area (Å²) in [4.78, 5) is 17.8. The Labute approximate surface area is 193 Å². The Kier molecular flexibility index (Phi) is 7.07. The van der Waals surface area contributed by atoms with Crippen LogP contribution in [-0.2, 0) is 11.3 Å². The Hall–Kier alpha value is -2.90. The van der Waals surface area contributed by atoms with Crippen LogP contribution in [0.3, 0.4) is 0 Å². The summed E-state index contributed by atoms with van der Waals surface area (Å²) in [6.45, 7) is 6.38. The molecule has 1 aliphatic rings. The van der Waals surface area contributed by atoms with E-state index >= 15 is 0 Å². The van der Waals surface area contributed by atoms with Crippen LogP contribution >= 0.6 is 12.2 Å². The summed E-state index contributed by atoms with van der Waals surface area (Å²) < 4.78 is 11.5. The highest BCUT2D eigenvalue weighted by atomic mass is 32.1. The minimum Gasteiger partial charge on any atom is -0.494 e. The highest BCUT2D eigenvalue weighted by molar-refractivity contribution is 7.80. The lowest BCUT2D eigenvalue weighted by molar-refractivity contribution is 0.0904. The van der Waals surface area contributed by atoms with Crippen LogP contribution in [0.15, 0.2) is 53.3 Å². The van der Waals surface area contributed by atoms with Gasteiger partial charge in [0.05, 0.1) is 19.3 Å². The van der Waals surface area contributed by atoms with E-state index < -0.39 is 0 Å². The lowest BCUT2D eigenvalue weighted by Gasteiger charge is -2.28. The van der Waals surface area contributed by atoms with Crippen molar-refractivity contribution >= 4 is 33.9 Å². The van der Waals surface area contributed by atoms with E-state index in [-0.39, 0.29) is 11.7 Å². The first-order valence-corrected chi connectivity index (χ1v) is 11.5. The van der Waals surface area contributed by atoms with Gasteiger partial charge in [0.1, 0.15) is 5.75 Å². The number of nitrogens with one attached hydrogen (secondary N) is 2. The molecule has 6 nitrogen and oxygen atoms in total. The van der Waals surface area contributed by atoms with Crippen molar-refractivity contribution in [2.24, 2.45) is 0 Å². The maximum atomic E-state index is 12.8. The van der Waals surface area contributed by atoms with Crippen LogP contribution in [0.5, 0.6) is 5.75 Å². The summed E-state index contributed by atoms with van der Waals surface area (Å²) in [6.07, 6.45) is 2.15. The number of hydrogen-bond donors (Lipinski definition) is 2. The van der Waals surface area contributed by atoms with Crippen LogP contribution in [0, 0.1) is 6.92 Å². The van der Waals surface area contributed by atoms with E-state index in [2.05, 4.69) is 16.4 Å². The van der Waals surface area contributed by atoms with Crippen LogP contribution in [0.25, 0.3) is 10.9 Å². The number of rotatable bonds is 7. The van der Waals surface area contributed by atoms with Crippen molar-refractivity contribution in [2.45, 2.75) is 39.3 Å². The number of thiocarbonyl (C=S) groups is 1. The highest BCUT2D eigenvalue weighted by Crippen LogP contribution is 2.21. The van der Waals surface area contributed by atoms with E-state index in [0.717, 1.165) is 47.4 Å². The fourth-order valence-corrected chi connectivity index (χ4v) is 4.25. The Morgan fingerprint density at radius 1 is 1.28 bits per heavy atom. The number of benzene rings is 2. The normalized spacial score (nSPS) is 15.6. The van der Waals surface area contributed by atoms with Gasteiger partial charge in [-0.1, -0.05) is 12.1 Å². The predicted octanol–water partition coefficient (Wildman–Crippen LogP) is 4.61. The fourth-order valence-electron chi connectivity index (χ4n) is 3.99. The molecule has 2 aromatic carbocycles. The van der Waals surface area contributed by atoms with E-state index in [4.69, 9.17) is 21.7 Å². The minimum absolute atomic E-state index is 0.108. The van der Waals surface area contributed by atoms with Crippen molar-refractivity contribution in [3.8, 4) is 5.75 Å². The Bertz CT molecular complexity index is 1150. The number of aromatic amines is 1. The Morgan fingerprint density at radius 3 is 2.91 bits per heavy atom. The number of aryl methyl sites for hydroxylation is 1. The first kappa shape index (κ1) is 22.3. The zero-order chi connectivity index (χ0) is 22.5. The van der Waals surface area contributed by atoms with Crippen molar-refractivity contribution in [1.29, 1.82) is 0 Å². The standard InChI is InChI=1S/C25H29N3O3S/c1-3-30-21-9-10-23-18(14-21)13-19(24(29)27-23)15-28(16-22-8-5-11-31-22)25(32)26-20-7-4-6-17(2)12-20/h4,6-7,9-10,12-14,22H,3,5,8,11,15-16H2,1-2H3,(H,26,32)(H,27,29)/t22-/m1/s1. The lowest BCUT2D eigenvalue weighted by atomic mass is 10.1. The summed E-state index contributed by atoms with van der Waals surface area (Å²) in [6, 6.07) is 15.7. The van der Waals surface area contributed by atoms with Crippen molar-refractivity contribution in [2.75, 3.05) is 25.1 Å². The molecule has 168 valence electrons. The van der Waals surface area contributed by atoms with Crippen molar-refractivity contribution in [1.82, 2.24) is 9.88 Å². The van der Waals surface area contributed by atoms with Gasteiger partial charge in [0, 0.05) is 35.3 Å². The molecule has 1 atom stereocenters. The van der Waals surface area contributed by atoms with Gasteiger partial charge in [0.15, 0.2) is 5.11 Å². The van der Waals surface area contributed by atoms with Gasteiger partial charge >= 0.3 is 0 Å². The number of ether oxygens (including phenoxy) is 2. The maximum absolute atomic E-state index is 12.8. The summed E-state index contributed by atoms with van der Waals surface area (Å²) in [5.41, 5.74) is 3.41. The van der Waals surface area contributed by atoms with E-state index in [0.29, 0.717) is 30.4 Å². The van der Waals surface area contributed by atoms with E-state index in [1.165, 1.54) is 0 Å². The molecule has 1 aliphatic heterocycles. The van der Waals surface area contributed by atoms with Crippen LogP contribution in [-0.4, -0.2) is 40.9 Å². The van der Waals surface area contributed by atoms with Crippen LogP contribution < -0.4 is 15.6 Å². The molecule has 0 aliphatic carbocycles. The van der Waals surface area contributed by atoms with Gasteiger partial charge in [0.2, 0.25) is 0 Å². The molecule has 2 N–H and O–H groups in total. The molecule has 0 bridgehead atoms. The topological polar surface area (TPSA) is 66.6 Å². The molecule has 0 unspecified atom stereocenters. The number of pyridine rings is 1. The highest BCUT2D eigenvalue weighted by Gasteiger charge is 2.22. The molecule has 1 saturated heterocycles. The third kappa shape index (κ3) is 5.47. The van der Waals surface area contributed by atoms with Crippen LogP contribution in [0.1, 0.15) is 30.9 Å². The largest absolute Gasteiger partial charge is 0.494 e. The van der Waals surface area contributed by atoms with Gasteiger partial charge in [-0.15, -0.1) is 0 Å². The lowest BCUT2D eigenvalue weighted by Crippen LogP contribution is -2.40. The fraction of sp³-hybridized carbons (Fsp3) is 0.360. The van der Waals surface area contributed by atoms with Crippen LogP contribution in [0.4, 0.5) is 5.69 Å². The van der Waals surface area contributed by atoms with Crippen molar-refractivity contribution in [3.63, 3.8) is 0 Å². The number of fused-ring (bicyclic) bond motifs is 1. The predicted molar refractivity (Wildman–Crippen MR) is 133 cm³/mol. The number of hydrogen-bond acceptors (Lipinski definition) is 4. The second kappa shape index (κ2) is 10.1. The van der Waals surface area contributed by atoms with E-state index in [1.807, 2.05) is 61.2 Å². The molecule has 7 heteroatoms. The Morgan fingerprint density at radius 2 is 2.16 bits per heavy atom. The van der Waals surface area contributed by atoms with Gasteiger partial charge < -0.3 is 24.7 Å². The van der Waals surface area contributed by atoms with Crippen molar-refractivity contribution in [3.05, 3.63) is 70.0 Å². The third-order valence-electron chi connectivity index (χ3n) is 5.57. The Balaban J connectivity index is 1.60. The molecule has 2 heterocycles. The molecule has 32 heavy (non-hydrogen) atoms. The first-order valence-electron chi connectivity index (χ1n) is 11.0. The number of H-pyrrole nitrogens is 1. The SMILES string of the molecule is CCOc1ccc2[nH]c(=O)c(CN(C[C@H]3CCCO3)C(=S)Nc3cccc(C)c3)cc2c1. The van der Waals surface area contributed by atoms with Gasteiger partial charge in [-0.05, 0) is 80.9 Å². The molecular formula is C25H29N3O3S. The van der Waals surface area contributed by atoms with Gasteiger partial charge in [-0.3, -0.25) is 4.79 Å².